The van der Waals surface area contributed by atoms with Gasteiger partial charge in [0.15, 0.2) is 0 Å². The molecule has 2 fully saturated rings. The highest BCUT2D eigenvalue weighted by Crippen LogP contribution is 2.38. The summed E-state index contributed by atoms with van der Waals surface area (Å²) >= 11 is 7.98. The van der Waals surface area contributed by atoms with E-state index in [1.807, 2.05) is 5.38 Å². The number of carbonyl (C=O) groups is 2. The Morgan fingerprint density at radius 2 is 2.19 bits per heavy atom. The molecule has 8 nitrogen and oxygen atoms in total. The monoisotopic (exact) mass is 532 g/mol. The van der Waals surface area contributed by atoms with Gasteiger partial charge in [-0.25, -0.2) is 19.0 Å². The van der Waals surface area contributed by atoms with Crippen LogP contribution in [0.5, 0.6) is 0 Å². The molecule has 2 aromatic rings. The lowest BCUT2D eigenvalue weighted by Crippen LogP contribution is -2.52. The van der Waals surface area contributed by atoms with E-state index in [0.29, 0.717) is 56.8 Å². The molecule has 36 heavy (non-hydrogen) atoms. The van der Waals surface area contributed by atoms with Gasteiger partial charge in [0, 0.05) is 48.3 Å². The molecular weight excluding hydrogens is 507 g/mol. The van der Waals surface area contributed by atoms with Crippen molar-refractivity contribution in [3.05, 3.63) is 62.3 Å². The molecule has 0 radical (unpaired) electrons. The Morgan fingerprint density at radius 1 is 1.33 bits per heavy atom. The van der Waals surface area contributed by atoms with Crippen LogP contribution in [0.4, 0.5) is 9.18 Å². The van der Waals surface area contributed by atoms with Gasteiger partial charge in [-0.15, -0.1) is 11.3 Å². The summed E-state index contributed by atoms with van der Waals surface area (Å²) in [7, 11) is 1.35. The number of halogens is 2. The number of carbonyl (C=O) groups excluding carboxylic acids is 2. The Hall–Kier alpha value is -2.82. The number of cyclic esters (lactones) is 1. The van der Waals surface area contributed by atoms with Gasteiger partial charge in [0.1, 0.15) is 23.5 Å². The molecule has 0 unspecified atom stereocenters. The van der Waals surface area contributed by atoms with Gasteiger partial charge >= 0.3 is 12.1 Å². The maximum Gasteiger partial charge on any atom is 0.410 e. The van der Waals surface area contributed by atoms with E-state index in [4.69, 9.17) is 26.1 Å². The summed E-state index contributed by atoms with van der Waals surface area (Å²) < 4.78 is 24.4. The van der Waals surface area contributed by atoms with Crippen LogP contribution in [0.15, 0.2) is 45.9 Å². The van der Waals surface area contributed by atoms with Gasteiger partial charge in [0.25, 0.3) is 0 Å². The summed E-state index contributed by atoms with van der Waals surface area (Å²) in [5.41, 5.74) is 2.64. The molecule has 11 heteroatoms. The van der Waals surface area contributed by atoms with Crippen LogP contribution in [0.1, 0.15) is 35.9 Å². The van der Waals surface area contributed by atoms with Crippen molar-refractivity contribution in [3.63, 3.8) is 0 Å². The van der Waals surface area contributed by atoms with Crippen LogP contribution in [-0.4, -0.2) is 78.5 Å². The molecule has 5 rings (SSSR count). The first kappa shape index (κ1) is 24.9. The maximum atomic E-state index is 13.9. The molecule has 2 atom stereocenters. The first-order valence-corrected chi connectivity index (χ1v) is 13.1. The van der Waals surface area contributed by atoms with E-state index in [2.05, 4.69) is 9.88 Å². The van der Waals surface area contributed by atoms with E-state index < -0.39 is 17.8 Å². The number of benzene rings is 1. The van der Waals surface area contributed by atoms with Crippen molar-refractivity contribution in [3.8, 4) is 0 Å². The third-order valence-electron chi connectivity index (χ3n) is 6.79. The predicted octanol–water partition coefficient (Wildman–Crippen LogP) is 4.26. The lowest BCUT2D eigenvalue weighted by Gasteiger charge is -2.36. The number of amides is 1. The minimum Gasteiger partial charge on any atom is -0.466 e. The fourth-order valence-electron chi connectivity index (χ4n) is 5.06. The molecule has 3 aliphatic rings. The van der Waals surface area contributed by atoms with Gasteiger partial charge in [-0.2, -0.15) is 0 Å². The zero-order chi connectivity index (χ0) is 25.2. The van der Waals surface area contributed by atoms with Crippen molar-refractivity contribution >= 4 is 40.7 Å². The van der Waals surface area contributed by atoms with Gasteiger partial charge < -0.3 is 9.47 Å². The highest BCUT2D eigenvalue weighted by molar-refractivity contribution is 7.11. The second-order valence-electron chi connectivity index (χ2n) is 9.00. The number of rotatable bonds is 5. The van der Waals surface area contributed by atoms with Gasteiger partial charge in [-0.3, -0.25) is 14.8 Å². The standard InChI is InChI=1S/C25H26ClFN4O4S/c1-34-24(32)21-15(12-30-8-9-31-17(13-30)14-35-25(31)33)3-2-4-20(23-28-7-10-36-23)29-22(21)18-6-5-16(27)11-19(18)26/h5-7,10-11,17,22H,2-4,8-9,12-14H2,1H3/t17-,22+/m1/s1. The average molecular weight is 533 g/mol. The highest BCUT2D eigenvalue weighted by atomic mass is 35.5. The van der Waals surface area contributed by atoms with Crippen molar-refractivity contribution in [1.82, 2.24) is 14.8 Å². The third kappa shape index (κ3) is 5.02. The number of aromatic nitrogens is 1. The summed E-state index contributed by atoms with van der Waals surface area (Å²) in [6.07, 6.45) is 3.57. The number of hydrogen-bond acceptors (Lipinski definition) is 8. The van der Waals surface area contributed by atoms with Gasteiger partial charge in [-0.05, 0) is 37.0 Å². The van der Waals surface area contributed by atoms with Crippen molar-refractivity contribution in [2.24, 2.45) is 4.99 Å². The number of esters is 1. The molecule has 3 aliphatic heterocycles. The quantitative estimate of drug-likeness (QED) is 0.535. The van der Waals surface area contributed by atoms with Crippen LogP contribution < -0.4 is 0 Å². The lowest BCUT2D eigenvalue weighted by atomic mass is 9.89. The molecule has 1 amide bonds. The summed E-state index contributed by atoms with van der Waals surface area (Å²) in [5.74, 6) is -0.953. The summed E-state index contributed by atoms with van der Waals surface area (Å²) in [4.78, 5) is 38.6. The molecular formula is C25H26ClFN4O4S. The van der Waals surface area contributed by atoms with Crippen LogP contribution in [0, 0.1) is 5.82 Å². The molecule has 0 N–H and O–H groups in total. The fourth-order valence-corrected chi connectivity index (χ4v) is 5.99. The Kier molecular flexibility index (Phi) is 7.36. The number of fused-ring (bicyclic) bond motifs is 1. The van der Waals surface area contributed by atoms with Crippen molar-refractivity contribution in [1.29, 1.82) is 0 Å². The van der Waals surface area contributed by atoms with Gasteiger partial charge in [0.2, 0.25) is 0 Å². The molecule has 1 aromatic heterocycles. The zero-order valence-electron chi connectivity index (χ0n) is 19.8. The number of nitrogens with zero attached hydrogens (tertiary/aromatic N) is 4. The highest BCUT2D eigenvalue weighted by Gasteiger charge is 2.38. The normalized spacial score (nSPS) is 23.0. The molecule has 0 aliphatic carbocycles. The second-order valence-corrected chi connectivity index (χ2v) is 10.3. The number of thiazole rings is 1. The van der Waals surface area contributed by atoms with E-state index in [9.17, 15) is 14.0 Å². The second kappa shape index (κ2) is 10.7. The lowest BCUT2D eigenvalue weighted by molar-refractivity contribution is -0.136. The Balaban J connectivity index is 1.57. The van der Waals surface area contributed by atoms with Crippen molar-refractivity contribution in [2.45, 2.75) is 31.3 Å². The van der Waals surface area contributed by atoms with Crippen LogP contribution >= 0.6 is 22.9 Å². The van der Waals surface area contributed by atoms with E-state index in [0.717, 1.165) is 22.7 Å². The number of methoxy groups -OCH3 is 1. The summed E-state index contributed by atoms with van der Waals surface area (Å²) in [5, 5.41) is 2.86. The van der Waals surface area contributed by atoms with Crippen LogP contribution in [0.3, 0.4) is 0 Å². The third-order valence-corrected chi connectivity index (χ3v) is 7.94. The van der Waals surface area contributed by atoms with Crippen LogP contribution in [0.2, 0.25) is 5.02 Å². The summed E-state index contributed by atoms with van der Waals surface area (Å²) in [6.45, 7) is 2.79. The topological polar surface area (TPSA) is 84.3 Å². The first-order valence-electron chi connectivity index (χ1n) is 11.8. The smallest absolute Gasteiger partial charge is 0.410 e. The first-order chi connectivity index (χ1) is 17.4. The number of aliphatic imine (C=N–C) groups is 1. The Bertz CT molecular complexity index is 1220. The average Bonchev–Trinajstić information content (AvgIpc) is 3.51. The molecule has 4 heterocycles. The maximum absolute atomic E-state index is 13.9. The van der Waals surface area contributed by atoms with Crippen molar-refractivity contribution < 1.29 is 23.5 Å². The number of hydrogen-bond donors (Lipinski definition) is 0. The molecule has 0 bridgehead atoms. The van der Waals surface area contributed by atoms with E-state index in [1.165, 1.54) is 30.6 Å². The van der Waals surface area contributed by atoms with Gasteiger partial charge in [0.05, 0.1) is 24.4 Å². The minimum absolute atomic E-state index is 0.00107. The van der Waals surface area contributed by atoms with E-state index in [-0.39, 0.29) is 17.2 Å². The zero-order valence-corrected chi connectivity index (χ0v) is 21.4. The summed E-state index contributed by atoms with van der Waals surface area (Å²) in [6, 6.07) is 3.37. The van der Waals surface area contributed by atoms with Gasteiger partial charge in [-0.1, -0.05) is 17.7 Å². The Labute approximate surface area is 217 Å². The van der Waals surface area contributed by atoms with Crippen molar-refractivity contribution in [2.75, 3.05) is 39.9 Å². The molecule has 2 saturated heterocycles. The van der Waals surface area contributed by atoms with E-state index >= 15 is 0 Å². The predicted molar refractivity (Wildman–Crippen MR) is 134 cm³/mol. The Morgan fingerprint density at radius 3 is 2.94 bits per heavy atom. The molecule has 190 valence electrons. The number of piperazine rings is 1. The fraction of sp³-hybridized carbons (Fsp3) is 0.440. The SMILES string of the molecule is COC(=O)C1=C(CN2CCN3C(=O)OC[C@H]3C2)CCCC(c2nccs2)=N[C@H]1c1ccc(F)cc1Cl. The van der Waals surface area contributed by atoms with E-state index in [1.54, 1.807) is 17.2 Å². The molecule has 1 aromatic carbocycles. The van der Waals surface area contributed by atoms with Crippen LogP contribution in [-0.2, 0) is 14.3 Å². The minimum atomic E-state index is -0.766. The van der Waals surface area contributed by atoms with Crippen LogP contribution in [0.25, 0.3) is 0 Å². The molecule has 0 saturated carbocycles. The number of ether oxygens (including phenoxy) is 2. The largest absolute Gasteiger partial charge is 0.466 e. The molecule has 0 spiro atoms.